The first-order valence-electron chi connectivity index (χ1n) is 7.18. The molecule has 0 radical (unpaired) electrons. The van der Waals surface area contributed by atoms with Crippen molar-refractivity contribution in [2.24, 2.45) is 0 Å². The van der Waals surface area contributed by atoms with Gasteiger partial charge in [0.05, 0.1) is 15.1 Å². The molecule has 0 saturated heterocycles. The molecule has 25 heavy (non-hydrogen) atoms. The van der Waals surface area contributed by atoms with E-state index >= 15 is 0 Å². The number of hydrogen-bond acceptors (Lipinski definition) is 8. The summed E-state index contributed by atoms with van der Waals surface area (Å²) in [6.45, 7) is 6.03. The average molecular weight is 415 g/mol. The number of sulfonamides is 1. The molecule has 0 fully saturated rings. The lowest BCUT2D eigenvalue weighted by molar-refractivity contribution is 0.601. The molecule has 0 amide bonds. The van der Waals surface area contributed by atoms with Crippen molar-refractivity contribution in [2.75, 3.05) is 10.5 Å². The fourth-order valence-corrected chi connectivity index (χ4v) is 5.96. The minimum atomic E-state index is -3.80. The van der Waals surface area contributed by atoms with E-state index in [4.69, 9.17) is 0 Å². The van der Waals surface area contributed by atoms with Gasteiger partial charge in [-0.1, -0.05) is 40.5 Å². The maximum absolute atomic E-state index is 12.6. The highest BCUT2D eigenvalue weighted by atomic mass is 32.2. The van der Waals surface area contributed by atoms with Gasteiger partial charge in [-0.05, 0) is 25.1 Å². The molecule has 0 aliphatic heterocycles. The van der Waals surface area contributed by atoms with Crippen LogP contribution in [0.4, 0.5) is 5.13 Å². The molecule has 3 aromatic rings. The maximum Gasteiger partial charge on any atom is 0.308 e. The molecule has 2 aromatic heterocycles. The van der Waals surface area contributed by atoms with Crippen LogP contribution in [0, 0.1) is 0 Å². The van der Waals surface area contributed by atoms with E-state index in [-0.39, 0.29) is 14.9 Å². The van der Waals surface area contributed by atoms with Gasteiger partial charge in [-0.3, -0.25) is 14.1 Å². The molecule has 3 rings (SSSR count). The number of fused-ring (bicyclic) bond motifs is 1. The molecular weight excluding hydrogens is 400 g/mol. The monoisotopic (exact) mass is 414 g/mol. The van der Waals surface area contributed by atoms with Crippen molar-refractivity contribution in [3.8, 4) is 0 Å². The molecule has 1 N–H and O–H groups in total. The van der Waals surface area contributed by atoms with Crippen LogP contribution in [0.5, 0.6) is 0 Å². The minimum absolute atomic E-state index is 0.0833. The summed E-state index contributed by atoms with van der Waals surface area (Å²) in [5.41, 5.74) is 0.732. The van der Waals surface area contributed by atoms with Crippen LogP contribution < -0.4 is 9.60 Å². The zero-order valence-electron chi connectivity index (χ0n) is 13.1. The normalized spacial score (nSPS) is 11.7. The van der Waals surface area contributed by atoms with Crippen LogP contribution >= 0.6 is 34.4 Å². The number of benzene rings is 1. The second-order valence-corrected chi connectivity index (χ2v) is 9.74. The third kappa shape index (κ3) is 3.78. The van der Waals surface area contributed by atoms with Gasteiger partial charge in [-0.2, -0.15) is 0 Å². The Morgan fingerprint density at radius 2 is 2.16 bits per heavy atom. The van der Waals surface area contributed by atoms with Crippen molar-refractivity contribution in [3.63, 3.8) is 0 Å². The van der Waals surface area contributed by atoms with Crippen LogP contribution in [-0.2, 0) is 16.6 Å². The molecule has 0 spiro atoms. The summed E-state index contributed by atoms with van der Waals surface area (Å²) in [4.78, 5) is 11.9. The average Bonchev–Trinajstić information content (AvgIpc) is 3.14. The van der Waals surface area contributed by atoms with Crippen molar-refractivity contribution in [2.45, 2.75) is 22.7 Å². The van der Waals surface area contributed by atoms with Gasteiger partial charge >= 0.3 is 4.87 Å². The molecular formula is C14H14N4O3S4. The molecule has 1 aromatic carbocycles. The zero-order valence-corrected chi connectivity index (χ0v) is 16.4. The summed E-state index contributed by atoms with van der Waals surface area (Å²) >= 11 is 3.62. The first-order chi connectivity index (χ1) is 11.9. The lowest BCUT2D eigenvalue weighted by Gasteiger charge is -2.05. The summed E-state index contributed by atoms with van der Waals surface area (Å²) in [5, 5.41) is 7.97. The predicted molar refractivity (Wildman–Crippen MR) is 103 cm³/mol. The molecule has 0 atom stereocenters. The number of anilines is 1. The van der Waals surface area contributed by atoms with Crippen LogP contribution in [0.15, 0.2) is 44.9 Å². The zero-order chi connectivity index (χ0) is 18.0. The Balaban J connectivity index is 1.89. The van der Waals surface area contributed by atoms with Crippen LogP contribution in [0.1, 0.15) is 6.92 Å². The number of aromatic nitrogens is 3. The minimum Gasteiger partial charge on any atom is -0.299 e. The van der Waals surface area contributed by atoms with Crippen molar-refractivity contribution in [1.29, 1.82) is 0 Å². The maximum atomic E-state index is 12.6. The summed E-state index contributed by atoms with van der Waals surface area (Å²) in [7, 11) is -3.80. The molecule has 0 saturated carbocycles. The number of thiazole rings is 1. The van der Waals surface area contributed by atoms with Crippen molar-refractivity contribution < 1.29 is 8.42 Å². The van der Waals surface area contributed by atoms with E-state index in [2.05, 4.69) is 21.5 Å². The topological polar surface area (TPSA) is 94.0 Å². The Morgan fingerprint density at radius 1 is 1.36 bits per heavy atom. The van der Waals surface area contributed by atoms with Crippen LogP contribution in [0.25, 0.3) is 10.2 Å². The number of rotatable bonds is 7. The number of aryl methyl sites for hydroxylation is 1. The van der Waals surface area contributed by atoms with Crippen molar-refractivity contribution in [1.82, 2.24) is 14.8 Å². The first-order valence-corrected chi connectivity index (χ1v) is 11.3. The van der Waals surface area contributed by atoms with Crippen LogP contribution in [0.3, 0.4) is 0 Å². The molecule has 0 aliphatic carbocycles. The van der Waals surface area contributed by atoms with Gasteiger partial charge in [-0.15, -0.1) is 16.8 Å². The highest BCUT2D eigenvalue weighted by Crippen LogP contribution is 2.28. The Morgan fingerprint density at radius 3 is 2.88 bits per heavy atom. The number of nitrogens with zero attached hydrogens (tertiary/aromatic N) is 3. The molecule has 7 nitrogen and oxygen atoms in total. The summed E-state index contributed by atoms with van der Waals surface area (Å²) in [6.07, 6.45) is 1.74. The molecule has 11 heteroatoms. The van der Waals surface area contributed by atoms with E-state index in [1.54, 1.807) is 16.7 Å². The second-order valence-electron chi connectivity index (χ2n) is 4.82. The van der Waals surface area contributed by atoms with E-state index in [0.717, 1.165) is 28.2 Å². The largest absolute Gasteiger partial charge is 0.308 e. The fraction of sp³-hybridized carbons (Fsp3) is 0.214. The van der Waals surface area contributed by atoms with E-state index in [9.17, 15) is 13.2 Å². The van der Waals surface area contributed by atoms with E-state index in [1.807, 2.05) is 6.92 Å². The van der Waals surface area contributed by atoms with E-state index in [0.29, 0.717) is 21.3 Å². The molecule has 132 valence electrons. The van der Waals surface area contributed by atoms with Crippen molar-refractivity contribution >= 4 is 59.8 Å². The standard InChI is InChI=1S/C14H14N4O3S4/c1-3-7-22-13-16-15-12(24-13)17-25(20,21)9-5-6-10-11(8-9)23-14(19)18(10)4-2/h3,5-6,8H,1,4,7H2,2H3,(H,15,17). The van der Waals surface area contributed by atoms with E-state index < -0.39 is 10.0 Å². The highest BCUT2D eigenvalue weighted by Gasteiger charge is 2.19. The number of hydrogen-bond donors (Lipinski definition) is 1. The van der Waals surface area contributed by atoms with Gasteiger partial charge in [0.25, 0.3) is 10.0 Å². The van der Waals surface area contributed by atoms with Gasteiger partial charge in [0.2, 0.25) is 5.13 Å². The van der Waals surface area contributed by atoms with Crippen molar-refractivity contribution in [3.05, 3.63) is 40.5 Å². The smallest absolute Gasteiger partial charge is 0.299 e. The molecule has 0 unspecified atom stereocenters. The third-order valence-corrected chi connectivity index (χ3v) is 7.59. The molecule has 0 aliphatic rings. The van der Waals surface area contributed by atoms with Crippen LogP contribution in [-0.4, -0.2) is 28.9 Å². The Labute approximate surface area is 156 Å². The number of nitrogens with one attached hydrogen (secondary N) is 1. The molecule has 0 bridgehead atoms. The fourth-order valence-electron chi connectivity index (χ4n) is 2.13. The lowest BCUT2D eigenvalue weighted by atomic mass is 10.3. The van der Waals surface area contributed by atoms with Gasteiger partial charge in [-0.25, -0.2) is 8.42 Å². The Hall–Kier alpha value is -1.69. The Bertz CT molecular complexity index is 1080. The molecule has 2 heterocycles. The second kappa shape index (κ2) is 7.28. The first kappa shape index (κ1) is 18.1. The van der Waals surface area contributed by atoms with Crippen LogP contribution in [0.2, 0.25) is 0 Å². The van der Waals surface area contributed by atoms with Gasteiger partial charge in [0.1, 0.15) is 0 Å². The number of thioether (sulfide) groups is 1. The highest BCUT2D eigenvalue weighted by molar-refractivity contribution is 8.01. The predicted octanol–water partition coefficient (Wildman–Crippen LogP) is 3.01. The SMILES string of the molecule is C=CCSc1nnc(NS(=O)(=O)c2ccc3c(c2)sc(=O)n3CC)s1. The van der Waals surface area contributed by atoms with Gasteiger partial charge in [0.15, 0.2) is 4.34 Å². The quantitative estimate of drug-likeness (QED) is 0.472. The van der Waals surface area contributed by atoms with E-state index in [1.165, 1.54) is 23.9 Å². The third-order valence-electron chi connectivity index (χ3n) is 3.22. The lowest BCUT2D eigenvalue weighted by Crippen LogP contribution is -2.13. The summed E-state index contributed by atoms with van der Waals surface area (Å²) in [6, 6.07) is 4.64. The van der Waals surface area contributed by atoms with Gasteiger partial charge in [0, 0.05) is 12.3 Å². The summed E-state index contributed by atoms with van der Waals surface area (Å²) in [5.74, 6) is 0.672. The van der Waals surface area contributed by atoms with Gasteiger partial charge < -0.3 is 0 Å². The Kier molecular flexibility index (Phi) is 5.27. The summed E-state index contributed by atoms with van der Waals surface area (Å²) < 4.78 is 30.4.